The van der Waals surface area contributed by atoms with E-state index in [1.54, 1.807) is 0 Å². The molecule has 1 fully saturated rings. The van der Waals surface area contributed by atoms with Crippen LogP contribution in [0.1, 0.15) is 23.2 Å². The molecular weight excluding hydrogens is 320 g/mol. The molecule has 1 aromatic carbocycles. The van der Waals surface area contributed by atoms with E-state index in [9.17, 15) is 18.3 Å². The Hall–Kier alpha value is -1.48. The van der Waals surface area contributed by atoms with Crippen molar-refractivity contribution in [1.82, 2.24) is 9.62 Å². The molecule has 1 aliphatic rings. The SMILES string of the molecule is O=C(O)c1ccccc1S(=O)(=O)NCCN1CCCC(CO)C1. The first-order valence-electron chi connectivity index (χ1n) is 7.59. The molecule has 0 aliphatic carbocycles. The summed E-state index contributed by atoms with van der Waals surface area (Å²) in [5, 5.41) is 18.3. The van der Waals surface area contributed by atoms with Gasteiger partial charge in [0, 0.05) is 26.2 Å². The zero-order valence-corrected chi connectivity index (χ0v) is 13.6. The normalized spacial score (nSPS) is 19.6. The number of hydrogen-bond acceptors (Lipinski definition) is 5. The van der Waals surface area contributed by atoms with E-state index >= 15 is 0 Å². The number of carbonyl (C=O) groups is 1. The fourth-order valence-corrected chi connectivity index (χ4v) is 4.02. The van der Waals surface area contributed by atoms with Gasteiger partial charge in [0.05, 0.1) is 10.5 Å². The second-order valence-corrected chi connectivity index (χ2v) is 7.43. The van der Waals surface area contributed by atoms with Crippen molar-refractivity contribution in [2.24, 2.45) is 5.92 Å². The first-order chi connectivity index (χ1) is 10.9. The number of aliphatic hydroxyl groups is 1. The summed E-state index contributed by atoms with van der Waals surface area (Å²) in [7, 11) is -3.86. The lowest BCUT2D eigenvalue weighted by molar-refractivity contribution is 0.0692. The number of sulfonamides is 1. The molecule has 1 saturated heterocycles. The van der Waals surface area contributed by atoms with E-state index in [1.807, 2.05) is 0 Å². The van der Waals surface area contributed by atoms with E-state index < -0.39 is 16.0 Å². The monoisotopic (exact) mass is 342 g/mol. The van der Waals surface area contributed by atoms with Gasteiger partial charge in [0.1, 0.15) is 0 Å². The summed E-state index contributed by atoms with van der Waals surface area (Å²) in [5.74, 6) is -1.03. The highest BCUT2D eigenvalue weighted by Crippen LogP contribution is 2.16. The van der Waals surface area contributed by atoms with Gasteiger partial charge in [0.25, 0.3) is 0 Å². The van der Waals surface area contributed by atoms with Crippen molar-refractivity contribution >= 4 is 16.0 Å². The Labute approximate surface area is 136 Å². The van der Waals surface area contributed by atoms with Crippen molar-refractivity contribution in [3.8, 4) is 0 Å². The summed E-state index contributed by atoms with van der Waals surface area (Å²) in [6.45, 7) is 2.52. The van der Waals surface area contributed by atoms with Gasteiger partial charge in [0.15, 0.2) is 0 Å². The molecule has 8 heteroatoms. The molecule has 128 valence electrons. The number of benzene rings is 1. The van der Waals surface area contributed by atoms with Crippen LogP contribution >= 0.6 is 0 Å². The molecule has 0 amide bonds. The Morgan fingerprint density at radius 2 is 2.09 bits per heavy atom. The van der Waals surface area contributed by atoms with E-state index in [0.717, 1.165) is 25.9 Å². The minimum atomic E-state index is -3.86. The van der Waals surface area contributed by atoms with Gasteiger partial charge >= 0.3 is 5.97 Å². The number of nitrogens with zero attached hydrogens (tertiary/aromatic N) is 1. The van der Waals surface area contributed by atoms with Crippen LogP contribution in [0.4, 0.5) is 0 Å². The number of aliphatic hydroxyl groups excluding tert-OH is 1. The predicted molar refractivity (Wildman–Crippen MR) is 84.8 cm³/mol. The molecule has 3 N–H and O–H groups in total. The van der Waals surface area contributed by atoms with Crippen LogP contribution in [-0.4, -0.2) is 62.3 Å². The van der Waals surface area contributed by atoms with Crippen molar-refractivity contribution in [3.05, 3.63) is 29.8 Å². The molecule has 1 atom stereocenters. The molecule has 0 bridgehead atoms. The highest BCUT2D eigenvalue weighted by Gasteiger charge is 2.23. The molecule has 0 saturated carbocycles. The van der Waals surface area contributed by atoms with Crippen molar-refractivity contribution in [1.29, 1.82) is 0 Å². The van der Waals surface area contributed by atoms with E-state index in [2.05, 4.69) is 9.62 Å². The summed E-state index contributed by atoms with van der Waals surface area (Å²) in [5.41, 5.74) is -0.238. The third-order valence-corrected chi connectivity index (χ3v) is 5.51. The smallest absolute Gasteiger partial charge is 0.337 e. The van der Waals surface area contributed by atoms with Gasteiger partial charge in [-0.05, 0) is 37.4 Å². The largest absolute Gasteiger partial charge is 0.478 e. The molecule has 1 aliphatic heterocycles. The molecule has 0 aromatic heterocycles. The molecule has 2 rings (SSSR count). The lowest BCUT2D eigenvalue weighted by atomic mass is 9.99. The van der Waals surface area contributed by atoms with Crippen LogP contribution in [0.3, 0.4) is 0 Å². The average Bonchev–Trinajstić information content (AvgIpc) is 2.55. The van der Waals surface area contributed by atoms with E-state index in [4.69, 9.17) is 5.11 Å². The minimum absolute atomic E-state index is 0.147. The zero-order chi connectivity index (χ0) is 16.9. The Kier molecular flexibility index (Phi) is 6.11. The molecular formula is C15H22N2O5S. The second-order valence-electron chi connectivity index (χ2n) is 5.69. The van der Waals surface area contributed by atoms with Crippen LogP contribution in [0, 0.1) is 5.92 Å². The van der Waals surface area contributed by atoms with Crippen molar-refractivity contribution < 1.29 is 23.4 Å². The van der Waals surface area contributed by atoms with Gasteiger partial charge < -0.3 is 15.1 Å². The van der Waals surface area contributed by atoms with Gasteiger partial charge in [-0.2, -0.15) is 0 Å². The minimum Gasteiger partial charge on any atom is -0.478 e. The fourth-order valence-electron chi connectivity index (χ4n) is 2.80. The lowest BCUT2D eigenvalue weighted by Crippen LogP contribution is -2.41. The maximum atomic E-state index is 12.3. The second kappa shape index (κ2) is 7.87. The number of carboxylic acid groups (broad SMARTS) is 1. The number of hydrogen-bond donors (Lipinski definition) is 3. The van der Waals surface area contributed by atoms with Crippen LogP contribution in [0.25, 0.3) is 0 Å². The molecule has 0 spiro atoms. The third kappa shape index (κ3) is 4.74. The Bertz CT molecular complexity index is 647. The summed E-state index contributed by atoms with van der Waals surface area (Å²) >= 11 is 0. The van der Waals surface area contributed by atoms with Crippen LogP contribution in [0.2, 0.25) is 0 Å². The summed E-state index contributed by atoms with van der Waals surface area (Å²) in [6.07, 6.45) is 1.98. The number of rotatable bonds is 7. The Balaban J connectivity index is 1.96. The molecule has 23 heavy (non-hydrogen) atoms. The zero-order valence-electron chi connectivity index (χ0n) is 12.8. The number of likely N-dealkylation sites (tertiary alicyclic amines) is 1. The average molecular weight is 342 g/mol. The highest BCUT2D eigenvalue weighted by molar-refractivity contribution is 7.89. The molecule has 1 aromatic rings. The van der Waals surface area contributed by atoms with Gasteiger partial charge in [0.2, 0.25) is 10.0 Å². The highest BCUT2D eigenvalue weighted by atomic mass is 32.2. The first kappa shape index (κ1) is 17.9. The Morgan fingerprint density at radius 3 is 2.78 bits per heavy atom. The van der Waals surface area contributed by atoms with E-state index in [0.29, 0.717) is 6.54 Å². The number of nitrogens with one attached hydrogen (secondary N) is 1. The standard InChI is InChI=1S/C15H22N2O5S/c18-11-12-4-3-8-17(10-12)9-7-16-23(21,22)14-6-2-1-5-13(14)15(19)20/h1-2,5-6,12,16,18H,3-4,7-11H2,(H,19,20). The van der Waals surface area contributed by atoms with E-state index in [-0.39, 0.29) is 29.5 Å². The first-order valence-corrected chi connectivity index (χ1v) is 9.07. The molecule has 7 nitrogen and oxygen atoms in total. The fraction of sp³-hybridized carbons (Fsp3) is 0.533. The van der Waals surface area contributed by atoms with Crippen LogP contribution in [-0.2, 0) is 10.0 Å². The van der Waals surface area contributed by atoms with Gasteiger partial charge in [-0.1, -0.05) is 12.1 Å². The number of piperidine rings is 1. The van der Waals surface area contributed by atoms with Crippen molar-refractivity contribution in [2.45, 2.75) is 17.7 Å². The molecule has 1 unspecified atom stereocenters. The van der Waals surface area contributed by atoms with Crippen LogP contribution in [0.5, 0.6) is 0 Å². The van der Waals surface area contributed by atoms with Gasteiger partial charge in [-0.15, -0.1) is 0 Å². The molecule has 1 heterocycles. The topological polar surface area (TPSA) is 107 Å². The van der Waals surface area contributed by atoms with Crippen LogP contribution < -0.4 is 4.72 Å². The quantitative estimate of drug-likeness (QED) is 0.661. The maximum absolute atomic E-state index is 12.3. The molecule has 0 radical (unpaired) electrons. The lowest BCUT2D eigenvalue weighted by Gasteiger charge is -2.31. The number of carboxylic acids is 1. The van der Waals surface area contributed by atoms with Crippen LogP contribution in [0.15, 0.2) is 29.2 Å². The summed E-state index contributed by atoms with van der Waals surface area (Å²) in [6, 6.07) is 5.55. The van der Waals surface area contributed by atoms with E-state index in [1.165, 1.54) is 24.3 Å². The summed E-state index contributed by atoms with van der Waals surface area (Å²) in [4.78, 5) is 13.0. The summed E-state index contributed by atoms with van der Waals surface area (Å²) < 4.78 is 27.0. The maximum Gasteiger partial charge on any atom is 0.337 e. The van der Waals surface area contributed by atoms with Gasteiger partial charge in [-0.3, -0.25) is 0 Å². The Morgan fingerprint density at radius 1 is 1.35 bits per heavy atom. The van der Waals surface area contributed by atoms with Crippen molar-refractivity contribution in [3.63, 3.8) is 0 Å². The third-order valence-electron chi connectivity index (χ3n) is 3.99. The predicted octanol–water partition coefficient (Wildman–Crippen LogP) is 0.367. The van der Waals surface area contributed by atoms with Gasteiger partial charge in [-0.25, -0.2) is 17.9 Å². The number of aromatic carboxylic acids is 1. The van der Waals surface area contributed by atoms with Crippen molar-refractivity contribution in [2.75, 3.05) is 32.8 Å².